The van der Waals surface area contributed by atoms with Crippen molar-refractivity contribution >= 4 is 17.2 Å². The van der Waals surface area contributed by atoms with Crippen LogP contribution in [0, 0.1) is 5.82 Å². The van der Waals surface area contributed by atoms with Gasteiger partial charge in [-0.1, -0.05) is 30.7 Å². The molecule has 114 valence electrons. The molecule has 3 aromatic rings. The molecule has 0 saturated heterocycles. The highest BCUT2D eigenvalue weighted by Crippen LogP contribution is 2.26. The lowest BCUT2D eigenvalue weighted by atomic mass is 10.1. The minimum Gasteiger partial charge on any atom is -0.387 e. The number of hydrogen-bond acceptors (Lipinski definition) is 2. The second-order valence-electron chi connectivity index (χ2n) is 5.25. The Morgan fingerprint density at radius 2 is 1.95 bits per heavy atom. The van der Waals surface area contributed by atoms with E-state index in [9.17, 15) is 9.50 Å². The number of pyridine rings is 1. The second kappa shape index (κ2) is 6.07. The molecule has 1 atom stereocenters. The number of aliphatic hydroxyl groups excluding tert-OH is 1. The molecule has 5 heteroatoms. The summed E-state index contributed by atoms with van der Waals surface area (Å²) in [4.78, 5) is 4.59. The van der Waals surface area contributed by atoms with Gasteiger partial charge in [0.25, 0.3) is 0 Å². The number of imidazole rings is 1. The molecule has 1 N–H and O–H groups in total. The largest absolute Gasteiger partial charge is 0.387 e. The van der Waals surface area contributed by atoms with Crippen molar-refractivity contribution in [1.82, 2.24) is 9.38 Å². The summed E-state index contributed by atoms with van der Waals surface area (Å²) in [5, 5.41) is 10.9. The molecule has 0 aliphatic carbocycles. The first-order valence-electron chi connectivity index (χ1n) is 7.17. The Kier molecular flexibility index (Phi) is 4.14. The zero-order valence-corrected chi connectivity index (χ0v) is 12.9. The highest BCUT2D eigenvalue weighted by atomic mass is 35.5. The van der Waals surface area contributed by atoms with Gasteiger partial charge in [-0.15, -0.1) is 0 Å². The monoisotopic (exact) mass is 318 g/mol. The van der Waals surface area contributed by atoms with Crippen LogP contribution in [0.3, 0.4) is 0 Å². The molecule has 0 aliphatic heterocycles. The molecular formula is C17H16ClFN2O. The maximum atomic E-state index is 13.0. The van der Waals surface area contributed by atoms with Crippen LogP contribution in [0.15, 0.2) is 42.6 Å². The lowest BCUT2D eigenvalue weighted by Gasteiger charge is -2.11. The quantitative estimate of drug-likeness (QED) is 0.784. The summed E-state index contributed by atoms with van der Waals surface area (Å²) >= 11 is 6.05. The Bertz CT molecular complexity index is 798. The van der Waals surface area contributed by atoms with Crippen molar-refractivity contribution in [3.8, 4) is 0 Å². The Hall–Kier alpha value is -1.91. The van der Waals surface area contributed by atoms with Gasteiger partial charge in [0.05, 0.1) is 22.5 Å². The highest BCUT2D eigenvalue weighted by Gasteiger charge is 2.18. The predicted molar refractivity (Wildman–Crippen MR) is 84.7 cm³/mol. The molecule has 2 aromatic heterocycles. The smallest absolute Gasteiger partial charge is 0.137 e. The third kappa shape index (κ3) is 2.85. The molecule has 0 aliphatic rings. The van der Waals surface area contributed by atoms with Crippen molar-refractivity contribution in [2.75, 3.05) is 0 Å². The van der Waals surface area contributed by atoms with E-state index in [0.29, 0.717) is 17.9 Å². The number of benzene rings is 1. The summed E-state index contributed by atoms with van der Waals surface area (Å²) < 4.78 is 14.9. The fourth-order valence-electron chi connectivity index (χ4n) is 2.56. The summed E-state index contributed by atoms with van der Waals surface area (Å²) in [6.45, 7) is 1.91. The Labute approximate surface area is 133 Å². The first-order chi connectivity index (χ1) is 10.6. The van der Waals surface area contributed by atoms with Gasteiger partial charge in [-0.2, -0.15) is 0 Å². The molecule has 0 radical (unpaired) electrons. The van der Waals surface area contributed by atoms with Crippen molar-refractivity contribution in [1.29, 1.82) is 0 Å². The SMILES string of the molecule is CCC(O)c1c(Cc2ccc(F)cc2)nc2ccc(Cl)cn12. The van der Waals surface area contributed by atoms with Gasteiger partial charge in [0.2, 0.25) is 0 Å². The molecule has 1 aromatic carbocycles. The van der Waals surface area contributed by atoms with Crippen LogP contribution in [0.5, 0.6) is 0 Å². The predicted octanol–water partition coefficient (Wildman–Crippen LogP) is 4.16. The van der Waals surface area contributed by atoms with Gasteiger partial charge in [0.1, 0.15) is 11.5 Å². The number of fused-ring (bicyclic) bond motifs is 1. The number of rotatable bonds is 4. The van der Waals surface area contributed by atoms with Crippen LogP contribution in [0.25, 0.3) is 5.65 Å². The fraction of sp³-hybridized carbons (Fsp3) is 0.235. The van der Waals surface area contributed by atoms with Crippen LogP contribution >= 0.6 is 11.6 Å². The minimum atomic E-state index is -0.621. The number of aliphatic hydroxyl groups is 1. The first kappa shape index (κ1) is 15.0. The molecule has 0 spiro atoms. The van der Waals surface area contributed by atoms with Gasteiger partial charge >= 0.3 is 0 Å². The van der Waals surface area contributed by atoms with Crippen LogP contribution in [0.1, 0.15) is 36.4 Å². The Morgan fingerprint density at radius 1 is 1.23 bits per heavy atom. The number of halogens is 2. The highest BCUT2D eigenvalue weighted by molar-refractivity contribution is 6.30. The summed E-state index contributed by atoms with van der Waals surface area (Å²) in [6.07, 6.45) is 2.25. The molecule has 1 unspecified atom stereocenters. The molecule has 0 amide bonds. The van der Waals surface area contributed by atoms with Crippen LogP contribution in [-0.2, 0) is 6.42 Å². The van der Waals surface area contributed by atoms with Gasteiger partial charge < -0.3 is 5.11 Å². The third-order valence-corrected chi connectivity index (χ3v) is 3.91. The minimum absolute atomic E-state index is 0.264. The zero-order valence-electron chi connectivity index (χ0n) is 12.1. The normalized spacial score (nSPS) is 12.7. The number of nitrogens with zero attached hydrogens (tertiary/aromatic N) is 2. The maximum absolute atomic E-state index is 13.0. The average Bonchev–Trinajstić information content (AvgIpc) is 2.86. The molecule has 0 fully saturated rings. The Morgan fingerprint density at radius 3 is 2.64 bits per heavy atom. The van der Waals surface area contributed by atoms with Crippen molar-refractivity contribution in [3.05, 3.63) is 70.4 Å². The van der Waals surface area contributed by atoms with Crippen molar-refractivity contribution in [2.24, 2.45) is 0 Å². The number of aromatic nitrogens is 2. The van der Waals surface area contributed by atoms with Crippen LogP contribution in [-0.4, -0.2) is 14.5 Å². The van der Waals surface area contributed by atoms with Gasteiger partial charge in [0, 0.05) is 12.6 Å². The molecule has 3 nitrogen and oxygen atoms in total. The molecule has 22 heavy (non-hydrogen) atoms. The molecular weight excluding hydrogens is 303 g/mol. The van der Waals surface area contributed by atoms with Gasteiger partial charge in [-0.05, 0) is 36.2 Å². The molecule has 3 rings (SSSR count). The molecule has 2 heterocycles. The number of hydrogen-bond donors (Lipinski definition) is 1. The second-order valence-corrected chi connectivity index (χ2v) is 5.68. The summed E-state index contributed by atoms with van der Waals surface area (Å²) in [5.41, 5.74) is 3.21. The summed E-state index contributed by atoms with van der Waals surface area (Å²) in [6, 6.07) is 9.91. The summed E-state index contributed by atoms with van der Waals surface area (Å²) in [7, 11) is 0. The van der Waals surface area contributed by atoms with E-state index in [1.165, 1.54) is 12.1 Å². The van der Waals surface area contributed by atoms with Crippen LogP contribution in [0.2, 0.25) is 5.02 Å². The van der Waals surface area contributed by atoms with Crippen molar-refractivity contribution in [2.45, 2.75) is 25.9 Å². The topological polar surface area (TPSA) is 37.5 Å². The van der Waals surface area contributed by atoms with Gasteiger partial charge in [-0.3, -0.25) is 4.40 Å². The van der Waals surface area contributed by atoms with Crippen LogP contribution in [0.4, 0.5) is 4.39 Å². The third-order valence-electron chi connectivity index (χ3n) is 3.68. The average molecular weight is 319 g/mol. The molecule has 0 saturated carbocycles. The van der Waals surface area contributed by atoms with Crippen molar-refractivity contribution in [3.63, 3.8) is 0 Å². The van der Waals surface area contributed by atoms with E-state index in [1.807, 2.05) is 17.4 Å². The van der Waals surface area contributed by atoms with Crippen LogP contribution < -0.4 is 0 Å². The van der Waals surface area contributed by atoms with Crippen molar-refractivity contribution < 1.29 is 9.50 Å². The lowest BCUT2D eigenvalue weighted by molar-refractivity contribution is 0.167. The van der Waals surface area contributed by atoms with E-state index in [0.717, 1.165) is 22.6 Å². The van der Waals surface area contributed by atoms with E-state index < -0.39 is 6.10 Å². The summed E-state index contributed by atoms with van der Waals surface area (Å²) in [5.74, 6) is -0.264. The fourth-order valence-corrected chi connectivity index (χ4v) is 2.72. The van der Waals surface area contributed by atoms with E-state index in [1.54, 1.807) is 24.4 Å². The van der Waals surface area contributed by atoms with E-state index in [2.05, 4.69) is 4.98 Å². The molecule has 0 bridgehead atoms. The van der Waals surface area contributed by atoms with Gasteiger partial charge in [-0.25, -0.2) is 9.37 Å². The van der Waals surface area contributed by atoms with E-state index >= 15 is 0 Å². The maximum Gasteiger partial charge on any atom is 0.137 e. The standard InChI is InChI=1S/C17H16ClFN2O/c1-2-15(22)17-14(9-11-3-6-13(19)7-4-11)20-16-8-5-12(18)10-21(16)17/h3-8,10,15,22H,2,9H2,1H3. The lowest BCUT2D eigenvalue weighted by Crippen LogP contribution is -2.04. The zero-order chi connectivity index (χ0) is 15.7. The first-order valence-corrected chi connectivity index (χ1v) is 7.55. The van der Waals surface area contributed by atoms with Gasteiger partial charge in [0.15, 0.2) is 0 Å². The Balaban J connectivity index is 2.09. The van der Waals surface area contributed by atoms with E-state index in [4.69, 9.17) is 11.6 Å². The van der Waals surface area contributed by atoms with E-state index in [-0.39, 0.29) is 5.82 Å².